The molecule has 34 heteroatoms. The van der Waals surface area contributed by atoms with Crippen molar-refractivity contribution in [1.29, 1.82) is 0 Å². The van der Waals surface area contributed by atoms with Gasteiger partial charge >= 0.3 is 11.9 Å². The summed E-state index contributed by atoms with van der Waals surface area (Å²) in [6.45, 7) is 6.23. The van der Waals surface area contributed by atoms with Crippen molar-refractivity contribution >= 4 is 151 Å². The van der Waals surface area contributed by atoms with Gasteiger partial charge in [0.15, 0.2) is 27.6 Å². The highest BCUT2D eigenvalue weighted by molar-refractivity contribution is 7.10. The van der Waals surface area contributed by atoms with Crippen molar-refractivity contribution in [2.45, 2.75) is 166 Å². The second kappa shape index (κ2) is 40.9. The Balaban J connectivity index is 0.000000152. The number of Topliss-reactive ketones (excluding diaryl/α,β-unsaturated/α-hetero) is 2. The molecule has 0 saturated heterocycles. The molecule has 6 aromatic heterocycles. The number of esters is 1. The maximum atomic E-state index is 13.7. The Morgan fingerprint density at radius 3 is 1.36 bits per heavy atom. The number of hydrogen-bond donors (Lipinski definition) is 2. The molecule has 16 rings (SSSR count). The molecule has 3 N–H and O–H groups in total. The van der Waals surface area contributed by atoms with E-state index in [-0.39, 0.29) is 46.4 Å². The van der Waals surface area contributed by atoms with Crippen molar-refractivity contribution in [2.75, 3.05) is 7.11 Å². The molecule has 6 aliphatic carbocycles. The van der Waals surface area contributed by atoms with Crippen LogP contribution in [-0.2, 0) is 24.1 Å². The van der Waals surface area contributed by atoms with Gasteiger partial charge in [0.2, 0.25) is 0 Å². The number of methoxy groups -OCH3 is 1. The number of nitrogens with two attached hydrogens (primary N) is 1. The zero-order valence-corrected chi connectivity index (χ0v) is 63.9. The first kappa shape index (κ1) is 81.4. The summed E-state index contributed by atoms with van der Waals surface area (Å²) >= 11 is 29.6. The summed E-state index contributed by atoms with van der Waals surface area (Å²) in [5, 5.41) is 32.8. The van der Waals surface area contributed by atoms with E-state index in [0.29, 0.717) is 93.0 Å². The number of benzene rings is 4. The van der Waals surface area contributed by atoms with Gasteiger partial charge in [0.25, 0.3) is 5.24 Å². The van der Waals surface area contributed by atoms with E-state index >= 15 is 0 Å². The van der Waals surface area contributed by atoms with Gasteiger partial charge in [-0.2, -0.15) is 0 Å². The van der Waals surface area contributed by atoms with Crippen LogP contribution in [0.2, 0.25) is 15.1 Å². The number of aryl methyl sites for hydroxylation is 2. The fourth-order valence-corrected chi connectivity index (χ4v) is 14.3. The van der Waals surface area contributed by atoms with Crippen LogP contribution < -0.4 is 5.73 Å². The Morgan fingerprint density at radius 1 is 0.505 bits per heavy atom. The number of ether oxygens (including phenoxy) is 1. The average molecular weight is 1600 g/mol. The van der Waals surface area contributed by atoms with Crippen LogP contribution in [0, 0.1) is 24.4 Å². The summed E-state index contributed by atoms with van der Waals surface area (Å²) < 4.78 is 67.2. The molecular weight excluding hydrogens is 1530 g/mol. The fourth-order valence-electron chi connectivity index (χ4n) is 9.52. The topological polar surface area (TPSA) is 313 Å². The molecule has 0 unspecified atom stereocenters. The van der Waals surface area contributed by atoms with Crippen LogP contribution >= 0.6 is 116 Å². The Hall–Kier alpha value is -7.23. The van der Waals surface area contributed by atoms with Crippen molar-refractivity contribution in [3.8, 4) is 0 Å². The lowest BCUT2D eigenvalue weighted by molar-refractivity contribution is 0.0603. The van der Waals surface area contributed by atoms with E-state index in [2.05, 4.69) is 81.3 Å². The van der Waals surface area contributed by atoms with Crippen LogP contribution in [0.4, 0.5) is 13.2 Å². The third-order valence-corrected chi connectivity index (χ3v) is 21.5. The molecule has 0 atom stereocenters. The smallest absolute Gasteiger partial charge is 0.351 e. The SMILES string of the molecule is CC.COC(=O)c1snnc1C1CC1.Cc1ccccc1.Fc1cccc(Cl)c1CCCc1snnc1C1CC1.NCc1c(F)cccc1Cl.O=C(CC(=O)c1c(F)cccc1Cl)c1snnc1C1CC1.O=C(Cl)c1snnc1C1CC1.O=C(O)c1snnc1C1CC1.O=Cc1snnc1C1CC1. The predicted octanol–water partition coefficient (Wildman–Crippen LogP) is 18.3. The first-order valence-electron chi connectivity index (χ1n) is 32.8. The lowest BCUT2D eigenvalue weighted by Crippen LogP contribution is -2.11. The van der Waals surface area contributed by atoms with Gasteiger partial charge in [0, 0.05) is 68.1 Å². The lowest BCUT2D eigenvalue weighted by atomic mass is 10.0. The van der Waals surface area contributed by atoms with Gasteiger partial charge in [-0.25, -0.2) is 22.8 Å². The number of halogens is 7. The Labute approximate surface area is 636 Å². The minimum atomic E-state index is -0.901. The molecule has 6 aliphatic rings. The van der Waals surface area contributed by atoms with E-state index in [1.54, 1.807) is 24.3 Å². The molecule has 0 bridgehead atoms. The molecule has 4 aromatic carbocycles. The molecule has 10 aromatic rings. The maximum Gasteiger partial charge on any atom is 0.351 e. The molecule has 0 amide bonds. The van der Waals surface area contributed by atoms with Crippen molar-refractivity contribution in [1.82, 2.24) is 57.5 Å². The largest absolute Gasteiger partial charge is 0.477 e. The van der Waals surface area contributed by atoms with Gasteiger partial charge in [-0.3, -0.25) is 19.2 Å². The minimum absolute atomic E-state index is 0.0117. The first-order valence-corrected chi connectivity index (χ1v) is 38.9. The van der Waals surface area contributed by atoms with Crippen LogP contribution in [0.25, 0.3) is 0 Å². The van der Waals surface area contributed by atoms with Crippen molar-refractivity contribution < 1.29 is 51.8 Å². The highest BCUT2D eigenvalue weighted by Gasteiger charge is 2.36. The standard InChI is InChI=1S/C14H10ClFN2O2S.C14H14ClFN2S.C7H7ClFN.C7H8N2O2S.C7H8.C6H5ClN2OS.C6H6N2O2S.C6H6N2OS.C2H6/c15-8-2-1-3-9(16)12(8)10(19)6-11(20)14-13(7-4-5-7)17-18-21-14;15-11-4-2-5-12(16)10(11)3-1-6-13-14(9-7-8-9)17-18-19-13;8-6-2-1-3-7(9)5(6)4-10;1-11-7(10)6-5(4-2-3-4)8-9-12-6;1-7-5-3-2-4-6-7;7-6(10)5-4(3-1-2-3)8-9-11-5;9-6(10)5-4(3-1-2-3)7-8-11-5;9-3-5-6(4-1-2-4)7-8-10-5;1-2/h1-3,7H,4-6H2;2,4-5,9H,1,3,6-8H2;1-3H,4,10H2;4H,2-3H2,1H3;2-6H,1H3;3H,1-2H2;3H,1-2H2,(H,9,10);3-4H,1-2H2;1-2H3. The summed E-state index contributed by atoms with van der Waals surface area (Å²) in [7, 11) is 1.37. The Kier molecular flexibility index (Phi) is 32.3. The number of aromatic nitrogens is 12. The quantitative estimate of drug-likeness (QED) is 0.0250. The predicted molar refractivity (Wildman–Crippen MR) is 395 cm³/mol. The number of carbonyl (C=O) groups excluding carboxylic acids is 5. The number of aromatic carboxylic acids is 1. The van der Waals surface area contributed by atoms with Gasteiger partial charge in [-0.15, -0.1) is 30.6 Å². The highest BCUT2D eigenvalue weighted by Crippen LogP contribution is 2.45. The number of nitrogens with zero attached hydrogens (tertiary/aromatic N) is 12. The number of rotatable bonds is 19. The highest BCUT2D eigenvalue weighted by atomic mass is 35.5. The number of aldehydes is 1. The molecule has 103 heavy (non-hydrogen) atoms. The van der Waals surface area contributed by atoms with Crippen molar-refractivity contribution in [2.24, 2.45) is 5.73 Å². The van der Waals surface area contributed by atoms with Gasteiger partial charge in [-0.1, -0.05) is 130 Å². The average Bonchev–Trinajstić information content (AvgIpc) is 1.74. The van der Waals surface area contributed by atoms with Gasteiger partial charge < -0.3 is 15.6 Å². The second-order valence-electron chi connectivity index (χ2n) is 23.6. The maximum absolute atomic E-state index is 13.7. The molecule has 0 spiro atoms. The first-order chi connectivity index (χ1) is 49.8. The van der Waals surface area contributed by atoms with Crippen LogP contribution in [0.5, 0.6) is 0 Å². The number of carbonyl (C=O) groups is 6. The molecule has 6 heterocycles. The van der Waals surface area contributed by atoms with E-state index in [1.165, 1.54) is 96.3 Å². The van der Waals surface area contributed by atoms with Gasteiger partial charge in [0.05, 0.1) is 58.3 Å². The molecule has 21 nitrogen and oxygen atoms in total. The van der Waals surface area contributed by atoms with E-state index in [0.717, 1.165) is 140 Å². The third kappa shape index (κ3) is 25.0. The monoisotopic (exact) mass is 1600 g/mol. The van der Waals surface area contributed by atoms with Crippen LogP contribution in [0.3, 0.4) is 0 Å². The fraction of sp³-hybridized carbons (Fsp3) is 0.391. The second-order valence-corrected chi connectivity index (χ2v) is 29.8. The van der Waals surface area contributed by atoms with Gasteiger partial charge in [0.1, 0.15) is 32.1 Å². The van der Waals surface area contributed by atoms with Gasteiger partial charge in [-0.05, 0) is 220 Å². The summed E-state index contributed by atoms with van der Waals surface area (Å²) in [6, 6.07) is 23.6. The van der Waals surface area contributed by atoms with E-state index in [1.807, 2.05) is 32.0 Å². The van der Waals surface area contributed by atoms with E-state index in [4.69, 9.17) is 57.2 Å². The van der Waals surface area contributed by atoms with Crippen molar-refractivity contribution in [3.63, 3.8) is 0 Å². The van der Waals surface area contributed by atoms with E-state index in [9.17, 15) is 41.9 Å². The lowest BCUT2D eigenvalue weighted by Gasteiger charge is -2.05. The van der Waals surface area contributed by atoms with Crippen LogP contribution in [0.1, 0.15) is 254 Å². The minimum Gasteiger partial charge on any atom is -0.477 e. The van der Waals surface area contributed by atoms with E-state index < -0.39 is 29.2 Å². The summed E-state index contributed by atoms with van der Waals surface area (Å²) in [5.74, 6) is -0.760. The zero-order valence-electron chi connectivity index (χ0n) is 56.0. The Bertz CT molecular complexity index is 4320. The number of ketones is 2. The van der Waals surface area contributed by atoms with Crippen LogP contribution in [0.15, 0.2) is 84.9 Å². The number of carboxylic acid groups (broad SMARTS) is 1. The summed E-state index contributed by atoms with van der Waals surface area (Å²) in [6.07, 6.45) is 16.2. The summed E-state index contributed by atoms with van der Waals surface area (Å²) in [4.78, 5) is 70.9. The normalized spacial score (nSPS) is 14.4. The summed E-state index contributed by atoms with van der Waals surface area (Å²) in [5.41, 5.74) is 12.4. The number of carboxylic acids is 1. The molecule has 0 aliphatic heterocycles. The molecular formula is C69H70Cl4F3N13O8S6. The molecule has 6 saturated carbocycles. The molecule has 0 radical (unpaired) electrons. The number of hydrogen-bond acceptors (Lipinski definition) is 26. The Morgan fingerprint density at radius 2 is 0.913 bits per heavy atom. The van der Waals surface area contributed by atoms with Crippen molar-refractivity contribution in [3.05, 3.63) is 203 Å². The third-order valence-electron chi connectivity index (χ3n) is 15.7. The molecule has 6 fully saturated rings. The van der Waals surface area contributed by atoms with Crippen LogP contribution in [-0.4, -0.2) is 105 Å². The zero-order chi connectivity index (χ0) is 74.1. The molecule has 544 valence electrons.